The number of aromatic nitrogens is 1. The fourth-order valence-corrected chi connectivity index (χ4v) is 6.47. The molecule has 198 valence electrons. The van der Waals surface area contributed by atoms with Crippen molar-refractivity contribution in [2.75, 3.05) is 4.90 Å². The van der Waals surface area contributed by atoms with E-state index in [4.69, 9.17) is 0 Å². The van der Waals surface area contributed by atoms with Crippen molar-refractivity contribution in [3.8, 4) is 11.1 Å². The number of benzene rings is 4. The Bertz CT molecular complexity index is 2130. The van der Waals surface area contributed by atoms with Crippen LogP contribution in [0.25, 0.3) is 38.2 Å². The lowest BCUT2D eigenvalue weighted by Gasteiger charge is -2.35. The van der Waals surface area contributed by atoms with Crippen LogP contribution in [0.4, 0.5) is 5.69 Å². The predicted molar refractivity (Wildman–Crippen MR) is 168 cm³/mol. The van der Waals surface area contributed by atoms with Crippen molar-refractivity contribution in [3.63, 3.8) is 0 Å². The minimum absolute atomic E-state index is 0.239. The molecule has 0 bridgehead atoms. The Labute approximate surface area is 242 Å². The Balaban J connectivity index is 1.29. The van der Waals surface area contributed by atoms with Gasteiger partial charge in [-0.15, -0.1) is 0 Å². The number of amides is 2. The molecule has 2 heterocycles. The summed E-state index contributed by atoms with van der Waals surface area (Å²) in [6.07, 6.45) is 15.4. The molecule has 5 aromatic rings. The smallest absolute Gasteiger partial charge is 0.265 e. The topological polar surface area (TPSA) is 50.3 Å². The minimum Gasteiger partial charge on any atom is -0.268 e. The Morgan fingerprint density at radius 2 is 1.40 bits per heavy atom. The number of fused-ring (bicyclic) bond motifs is 2. The summed E-state index contributed by atoms with van der Waals surface area (Å²) in [4.78, 5) is 33.6. The van der Waals surface area contributed by atoms with Gasteiger partial charge >= 0.3 is 0 Å². The van der Waals surface area contributed by atoms with Gasteiger partial charge in [0.05, 0.1) is 5.69 Å². The Kier molecular flexibility index (Phi) is 5.47. The fraction of sp³-hybridized carbons (Fsp3) is 0.0263. The number of hydrogen-bond acceptors (Lipinski definition) is 3. The number of imide groups is 1. The van der Waals surface area contributed by atoms with Gasteiger partial charge in [-0.1, -0.05) is 91.0 Å². The van der Waals surface area contributed by atoms with Crippen LogP contribution >= 0.6 is 0 Å². The van der Waals surface area contributed by atoms with E-state index >= 15 is 0 Å². The van der Waals surface area contributed by atoms with Gasteiger partial charge in [-0.05, 0) is 85.8 Å². The van der Waals surface area contributed by atoms with Gasteiger partial charge in [0, 0.05) is 29.5 Å². The second kappa shape index (κ2) is 9.50. The standard InChI is InChI=1S/C38H24N2O2/c41-37-34-12-6-5-11-33-32(31-16-15-28(25-19-21-39-22-20-25)29-9-3-4-10-30(29)31)17-18-35(36(33)34)38(42)40(37)27-14-13-24-7-1-2-8-26(24)23-27/h1-23,33H. The number of hydrogen-bond donors (Lipinski definition) is 0. The molecule has 1 unspecified atom stereocenters. The summed E-state index contributed by atoms with van der Waals surface area (Å²) in [7, 11) is 0. The average Bonchev–Trinajstić information content (AvgIpc) is 3.27. The maximum Gasteiger partial charge on any atom is 0.265 e. The number of nitrogens with zero attached hydrogens (tertiary/aromatic N) is 2. The summed E-state index contributed by atoms with van der Waals surface area (Å²) < 4.78 is 0. The molecule has 0 saturated heterocycles. The monoisotopic (exact) mass is 540 g/mol. The van der Waals surface area contributed by atoms with Crippen LogP contribution in [-0.2, 0) is 9.59 Å². The third-order valence-electron chi connectivity index (χ3n) is 8.42. The maximum absolute atomic E-state index is 14.1. The first-order chi connectivity index (χ1) is 20.7. The van der Waals surface area contributed by atoms with Crippen LogP contribution in [0.5, 0.6) is 0 Å². The zero-order valence-electron chi connectivity index (χ0n) is 22.6. The number of anilines is 1. The van der Waals surface area contributed by atoms with E-state index in [0.29, 0.717) is 16.8 Å². The van der Waals surface area contributed by atoms with Crippen LogP contribution in [0, 0.1) is 5.92 Å². The maximum atomic E-state index is 14.1. The van der Waals surface area contributed by atoms with Crippen LogP contribution in [0.1, 0.15) is 5.56 Å². The van der Waals surface area contributed by atoms with E-state index in [2.05, 4.69) is 53.5 Å². The first-order valence-electron chi connectivity index (χ1n) is 14.0. The summed E-state index contributed by atoms with van der Waals surface area (Å²) in [5.74, 6) is -0.834. The molecule has 2 amide bonds. The summed E-state index contributed by atoms with van der Waals surface area (Å²) in [6.45, 7) is 0. The summed E-state index contributed by atoms with van der Waals surface area (Å²) in [5.41, 5.74) is 6.83. The van der Waals surface area contributed by atoms with E-state index in [9.17, 15) is 9.59 Å². The first-order valence-corrected chi connectivity index (χ1v) is 14.0. The highest BCUT2D eigenvalue weighted by Crippen LogP contribution is 2.46. The minimum atomic E-state index is -0.300. The third kappa shape index (κ3) is 3.66. The zero-order valence-corrected chi connectivity index (χ0v) is 22.6. The van der Waals surface area contributed by atoms with Gasteiger partial charge in [0.25, 0.3) is 11.8 Å². The van der Waals surface area contributed by atoms with E-state index in [1.807, 2.05) is 91.3 Å². The molecule has 42 heavy (non-hydrogen) atoms. The second-order valence-electron chi connectivity index (χ2n) is 10.7. The van der Waals surface area contributed by atoms with Crippen LogP contribution in [0.3, 0.4) is 0 Å². The van der Waals surface area contributed by atoms with Crippen LogP contribution < -0.4 is 4.90 Å². The summed E-state index contributed by atoms with van der Waals surface area (Å²) in [6, 6.07) is 30.4. The van der Waals surface area contributed by atoms with E-state index < -0.39 is 0 Å². The van der Waals surface area contributed by atoms with Gasteiger partial charge in [-0.2, -0.15) is 0 Å². The van der Waals surface area contributed by atoms with Crippen molar-refractivity contribution < 1.29 is 9.59 Å². The molecule has 4 aromatic carbocycles. The summed E-state index contributed by atoms with van der Waals surface area (Å²) >= 11 is 0. The molecule has 1 atom stereocenters. The van der Waals surface area contributed by atoms with Crippen molar-refractivity contribution >= 4 is 44.6 Å². The highest BCUT2D eigenvalue weighted by Gasteiger charge is 2.41. The molecule has 4 nitrogen and oxygen atoms in total. The number of rotatable bonds is 3. The molecule has 8 rings (SSSR count). The molecular weight excluding hydrogens is 516 g/mol. The van der Waals surface area contributed by atoms with Crippen LogP contribution in [0.2, 0.25) is 0 Å². The zero-order chi connectivity index (χ0) is 28.2. The predicted octanol–water partition coefficient (Wildman–Crippen LogP) is 7.99. The number of carbonyl (C=O) groups is 2. The molecular formula is C38H24N2O2. The normalized spacial score (nSPS) is 17.8. The van der Waals surface area contributed by atoms with Crippen molar-refractivity contribution in [3.05, 3.63) is 162 Å². The molecule has 2 aliphatic carbocycles. The molecule has 0 radical (unpaired) electrons. The van der Waals surface area contributed by atoms with Crippen molar-refractivity contribution in [2.45, 2.75) is 0 Å². The van der Waals surface area contributed by atoms with E-state index in [1.54, 1.807) is 0 Å². The average molecular weight is 541 g/mol. The molecule has 0 fully saturated rings. The lowest BCUT2D eigenvalue weighted by atomic mass is 9.74. The number of pyridine rings is 1. The lowest BCUT2D eigenvalue weighted by Crippen LogP contribution is -2.44. The van der Waals surface area contributed by atoms with Gasteiger partial charge in [0.1, 0.15) is 0 Å². The van der Waals surface area contributed by atoms with Gasteiger partial charge in [-0.3, -0.25) is 14.6 Å². The van der Waals surface area contributed by atoms with Gasteiger partial charge in [0.2, 0.25) is 0 Å². The van der Waals surface area contributed by atoms with Crippen molar-refractivity contribution in [1.29, 1.82) is 0 Å². The molecule has 4 heteroatoms. The third-order valence-corrected chi connectivity index (χ3v) is 8.42. The van der Waals surface area contributed by atoms with Crippen LogP contribution in [-0.4, -0.2) is 16.8 Å². The van der Waals surface area contributed by atoms with Crippen LogP contribution in [0.15, 0.2) is 157 Å². The highest BCUT2D eigenvalue weighted by atomic mass is 16.2. The Morgan fingerprint density at radius 3 is 2.24 bits per heavy atom. The molecule has 0 spiro atoms. The van der Waals surface area contributed by atoms with E-state index in [-0.39, 0.29) is 17.7 Å². The van der Waals surface area contributed by atoms with Gasteiger partial charge < -0.3 is 0 Å². The molecule has 0 saturated carbocycles. The quantitative estimate of drug-likeness (QED) is 0.218. The Hall–Kier alpha value is -5.61. The number of carbonyl (C=O) groups excluding carboxylic acids is 2. The van der Waals surface area contributed by atoms with E-state index in [1.165, 1.54) is 4.90 Å². The van der Waals surface area contributed by atoms with Crippen molar-refractivity contribution in [1.82, 2.24) is 4.98 Å². The first kappa shape index (κ1) is 24.2. The summed E-state index contributed by atoms with van der Waals surface area (Å²) in [5, 5.41) is 4.30. The number of allylic oxidation sites excluding steroid dienone is 6. The second-order valence-corrected chi connectivity index (χ2v) is 10.7. The molecule has 1 aromatic heterocycles. The molecule has 0 N–H and O–H groups in total. The SMILES string of the molecule is O=C1C2=CC=C(c3ccc(-c4ccncc4)c4ccccc34)C3C=CC=CC(=C23)C(=O)N1c1ccc2ccccc2c1. The highest BCUT2D eigenvalue weighted by molar-refractivity contribution is 6.32. The molecule has 1 aliphatic heterocycles. The van der Waals surface area contributed by atoms with E-state index in [0.717, 1.165) is 49.4 Å². The van der Waals surface area contributed by atoms with Crippen molar-refractivity contribution in [2.24, 2.45) is 5.92 Å². The van der Waals surface area contributed by atoms with Gasteiger partial charge in [-0.25, -0.2) is 4.90 Å². The molecule has 3 aliphatic rings. The largest absolute Gasteiger partial charge is 0.268 e. The Morgan fingerprint density at radius 1 is 0.667 bits per heavy atom. The fourth-order valence-electron chi connectivity index (χ4n) is 6.47. The van der Waals surface area contributed by atoms with Gasteiger partial charge in [0.15, 0.2) is 0 Å². The lowest BCUT2D eigenvalue weighted by molar-refractivity contribution is -0.123.